The molecule has 0 saturated carbocycles. The van der Waals surface area contributed by atoms with Gasteiger partial charge in [0.15, 0.2) is 5.13 Å². The highest BCUT2D eigenvalue weighted by molar-refractivity contribution is 7.21. The summed E-state index contributed by atoms with van der Waals surface area (Å²) < 4.78 is 0. The van der Waals surface area contributed by atoms with Crippen molar-refractivity contribution in [3.63, 3.8) is 0 Å². The molecule has 4 aromatic rings. The molecule has 2 amide bonds. The van der Waals surface area contributed by atoms with Gasteiger partial charge in [-0.05, 0) is 43.2 Å². The minimum absolute atomic E-state index is 0.0351. The van der Waals surface area contributed by atoms with Gasteiger partial charge in [0.2, 0.25) is 11.8 Å². The van der Waals surface area contributed by atoms with Crippen molar-refractivity contribution in [2.24, 2.45) is 0 Å². The number of H-pyrrole nitrogens is 1. The monoisotopic (exact) mass is 476 g/mol. The molecule has 1 aliphatic heterocycles. The number of pyridine rings is 1. The summed E-state index contributed by atoms with van der Waals surface area (Å²) in [4.78, 5) is 42.2. The Morgan fingerprint density at radius 2 is 2.00 bits per heavy atom. The summed E-state index contributed by atoms with van der Waals surface area (Å²) in [5, 5.41) is 5.10. The van der Waals surface area contributed by atoms with Crippen molar-refractivity contribution in [1.29, 1.82) is 0 Å². The molecular formula is C25H28N6O2S. The molecule has 176 valence electrons. The molecule has 8 nitrogen and oxygen atoms in total. The van der Waals surface area contributed by atoms with E-state index in [1.807, 2.05) is 23.2 Å². The van der Waals surface area contributed by atoms with Gasteiger partial charge in [0.05, 0.1) is 0 Å². The third-order valence-electron chi connectivity index (χ3n) is 6.26. The average molecular weight is 477 g/mol. The van der Waals surface area contributed by atoms with Gasteiger partial charge >= 0.3 is 0 Å². The van der Waals surface area contributed by atoms with Crippen LogP contribution in [0.4, 0.5) is 5.13 Å². The van der Waals surface area contributed by atoms with Crippen LogP contribution in [0.1, 0.15) is 24.0 Å². The molecule has 0 bridgehead atoms. The molecule has 0 radical (unpaired) electrons. The Morgan fingerprint density at radius 1 is 1.15 bits per heavy atom. The fourth-order valence-corrected chi connectivity index (χ4v) is 5.30. The van der Waals surface area contributed by atoms with Gasteiger partial charge in [-0.3, -0.25) is 9.59 Å². The lowest BCUT2D eigenvalue weighted by Crippen LogP contribution is -2.49. The molecule has 9 heteroatoms. The van der Waals surface area contributed by atoms with E-state index < -0.39 is 0 Å². The molecule has 5 rings (SSSR count). The van der Waals surface area contributed by atoms with E-state index in [-0.39, 0.29) is 24.7 Å². The smallest absolute Gasteiger partial charge is 0.223 e. The van der Waals surface area contributed by atoms with Crippen LogP contribution in [0.25, 0.3) is 21.3 Å². The molecule has 1 aromatic carbocycles. The number of thiazole rings is 1. The Kier molecular flexibility index (Phi) is 6.44. The van der Waals surface area contributed by atoms with Crippen molar-refractivity contribution in [2.75, 3.05) is 37.6 Å². The first-order chi connectivity index (χ1) is 16.6. The predicted octanol–water partition coefficient (Wildman–Crippen LogP) is 3.27. The highest BCUT2D eigenvalue weighted by Gasteiger charge is 2.23. The maximum Gasteiger partial charge on any atom is 0.223 e. The van der Waals surface area contributed by atoms with Crippen LogP contribution in [0.2, 0.25) is 0 Å². The number of fused-ring (bicyclic) bond motifs is 2. The van der Waals surface area contributed by atoms with Gasteiger partial charge in [-0.2, -0.15) is 0 Å². The van der Waals surface area contributed by atoms with E-state index in [1.165, 1.54) is 16.5 Å². The zero-order valence-electron chi connectivity index (χ0n) is 19.2. The number of aromatic nitrogens is 3. The molecule has 1 aliphatic rings. The number of rotatable bonds is 7. The number of carbonyl (C=O) groups is 2. The molecule has 2 N–H and O–H groups in total. The van der Waals surface area contributed by atoms with E-state index in [4.69, 9.17) is 0 Å². The van der Waals surface area contributed by atoms with Crippen molar-refractivity contribution in [3.8, 4) is 0 Å². The van der Waals surface area contributed by atoms with Gasteiger partial charge in [0, 0.05) is 68.9 Å². The van der Waals surface area contributed by atoms with E-state index in [2.05, 4.69) is 50.3 Å². The SMILES string of the molecule is Cc1ccc2[nH]cc(CCNC(=O)CCC(=O)N3CCN(c4nc5cccnc5s4)CC3)c2c1. The normalized spacial score (nSPS) is 14.1. The molecule has 0 atom stereocenters. The molecule has 0 aliphatic carbocycles. The number of aryl methyl sites for hydroxylation is 1. The number of amides is 2. The zero-order valence-corrected chi connectivity index (χ0v) is 20.0. The Labute approximate surface area is 202 Å². The Hall–Kier alpha value is -3.46. The summed E-state index contributed by atoms with van der Waals surface area (Å²) in [5.74, 6) is -0.0437. The van der Waals surface area contributed by atoms with Crippen LogP contribution >= 0.6 is 11.3 Å². The molecule has 0 spiro atoms. The first-order valence-electron chi connectivity index (χ1n) is 11.6. The lowest BCUT2D eigenvalue weighted by atomic mass is 10.1. The number of hydrogen-bond donors (Lipinski definition) is 2. The summed E-state index contributed by atoms with van der Waals surface area (Å²) in [6.45, 7) is 5.40. The number of nitrogens with zero attached hydrogens (tertiary/aromatic N) is 4. The van der Waals surface area contributed by atoms with E-state index in [1.54, 1.807) is 17.5 Å². The summed E-state index contributed by atoms with van der Waals surface area (Å²) in [6, 6.07) is 10.2. The van der Waals surface area contributed by atoms with E-state index in [0.29, 0.717) is 19.6 Å². The maximum atomic E-state index is 12.6. The van der Waals surface area contributed by atoms with Crippen molar-refractivity contribution in [2.45, 2.75) is 26.2 Å². The minimum atomic E-state index is -0.0787. The minimum Gasteiger partial charge on any atom is -0.361 e. The molecule has 4 heterocycles. The molecule has 34 heavy (non-hydrogen) atoms. The zero-order chi connectivity index (χ0) is 23.5. The Morgan fingerprint density at radius 3 is 2.82 bits per heavy atom. The number of carbonyl (C=O) groups excluding carboxylic acids is 2. The van der Waals surface area contributed by atoms with Crippen molar-refractivity contribution in [3.05, 3.63) is 53.9 Å². The van der Waals surface area contributed by atoms with Crippen LogP contribution in [0.15, 0.2) is 42.7 Å². The average Bonchev–Trinajstić information content (AvgIpc) is 3.47. The number of benzene rings is 1. The van der Waals surface area contributed by atoms with Crippen LogP contribution in [0, 0.1) is 6.92 Å². The second-order valence-corrected chi connectivity index (χ2v) is 9.61. The quantitative estimate of drug-likeness (QED) is 0.427. The molecule has 3 aromatic heterocycles. The molecular weight excluding hydrogens is 448 g/mol. The topological polar surface area (TPSA) is 94.2 Å². The summed E-state index contributed by atoms with van der Waals surface area (Å²) in [7, 11) is 0. The third kappa shape index (κ3) is 4.89. The number of anilines is 1. The van der Waals surface area contributed by atoms with Crippen LogP contribution in [-0.2, 0) is 16.0 Å². The third-order valence-corrected chi connectivity index (χ3v) is 7.30. The van der Waals surface area contributed by atoms with E-state index >= 15 is 0 Å². The van der Waals surface area contributed by atoms with Crippen LogP contribution in [0.3, 0.4) is 0 Å². The maximum absolute atomic E-state index is 12.6. The van der Waals surface area contributed by atoms with Gasteiger partial charge in [0.25, 0.3) is 0 Å². The fourth-order valence-electron chi connectivity index (χ4n) is 4.34. The summed E-state index contributed by atoms with van der Waals surface area (Å²) in [6.07, 6.45) is 5.00. The second kappa shape index (κ2) is 9.80. The lowest BCUT2D eigenvalue weighted by Gasteiger charge is -2.34. The fraction of sp³-hybridized carbons (Fsp3) is 0.360. The highest BCUT2D eigenvalue weighted by Crippen LogP contribution is 2.27. The number of aromatic amines is 1. The lowest BCUT2D eigenvalue weighted by molar-refractivity contribution is -0.133. The van der Waals surface area contributed by atoms with Crippen molar-refractivity contribution < 1.29 is 9.59 Å². The predicted molar refractivity (Wildman–Crippen MR) is 135 cm³/mol. The van der Waals surface area contributed by atoms with Crippen LogP contribution < -0.4 is 10.2 Å². The first kappa shape index (κ1) is 22.3. The summed E-state index contributed by atoms with van der Waals surface area (Å²) >= 11 is 1.58. The molecule has 0 unspecified atom stereocenters. The van der Waals surface area contributed by atoms with Gasteiger partial charge in [0.1, 0.15) is 10.3 Å². The van der Waals surface area contributed by atoms with Crippen LogP contribution in [-0.4, -0.2) is 64.4 Å². The Balaban J connectivity index is 1.04. The van der Waals surface area contributed by atoms with Gasteiger partial charge < -0.3 is 20.1 Å². The standard InChI is InChI=1S/C25H28N6O2S/c1-17-4-5-20-19(15-17)18(16-28-20)8-10-26-22(32)6-7-23(33)30-11-13-31(14-12-30)25-29-21-3-2-9-27-24(21)34-25/h2-5,9,15-16,28H,6-8,10-14H2,1H3,(H,26,32). The molecule has 1 saturated heterocycles. The van der Waals surface area contributed by atoms with Gasteiger partial charge in [-0.25, -0.2) is 9.97 Å². The van der Waals surface area contributed by atoms with Crippen molar-refractivity contribution in [1.82, 2.24) is 25.2 Å². The number of nitrogens with one attached hydrogen (secondary N) is 2. The second-order valence-electron chi connectivity index (χ2n) is 8.65. The highest BCUT2D eigenvalue weighted by atomic mass is 32.1. The van der Waals surface area contributed by atoms with Crippen LogP contribution in [0.5, 0.6) is 0 Å². The summed E-state index contributed by atoms with van der Waals surface area (Å²) in [5.41, 5.74) is 4.43. The van der Waals surface area contributed by atoms with Gasteiger partial charge in [-0.1, -0.05) is 23.0 Å². The number of piperazine rings is 1. The van der Waals surface area contributed by atoms with E-state index in [9.17, 15) is 9.59 Å². The first-order valence-corrected chi connectivity index (χ1v) is 12.5. The van der Waals surface area contributed by atoms with E-state index in [0.717, 1.165) is 40.5 Å². The van der Waals surface area contributed by atoms with Gasteiger partial charge in [-0.15, -0.1) is 0 Å². The Bertz CT molecular complexity index is 1290. The molecule has 1 fully saturated rings. The number of hydrogen-bond acceptors (Lipinski definition) is 6. The van der Waals surface area contributed by atoms with Crippen molar-refractivity contribution >= 4 is 49.5 Å². The largest absolute Gasteiger partial charge is 0.361 e.